The summed E-state index contributed by atoms with van der Waals surface area (Å²) in [5.41, 5.74) is 0.564. The van der Waals surface area contributed by atoms with Gasteiger partial charge in [0.2, 0.25) is 0 Å². The second kappa shape index (κ2) is 7.03. The Balaban J connectivity index is 1.68. The lowest BCUT2D eigenvalue weighted by Gasteiger charge is -2.12. The van der Waals surface area contributed by atoms with Gasteiger partial charge in [0.05, 0.1) is 18.3 Å². The second-order valence-corrected chi connectivity index (χ2v) is 5.68. The molecule has 1 aliphatic rings. The Labute approximate surface area is 121 Å². The van der Waals surface area contributed by atoms with Crippen LogP contribution in [0.3, 0.4) is 0 Å². The molecule has 1 fully saturated rings. The summed E-state index contributed by atoms with van der Waals surface area (Å²) in [6.45, 7) is 1.19. The third-order valence-electron chi connectivity index (χ3n) is 2.98. The van der Waals surface area contributed by atoms with Crippen molar-refractivity contribution in [2.45, 2.75) is 18.9 Å². The van der Waals surface area contributed by atoms with Crippen LogP contribution in [0.2, 0.25) is 0 Å². The molecule has 0 aliphatic heterocycles. The van der Waals surface area contributed by atoms with Crippen molar-refractivity contribution in [1.82, 2.24) is 5.32 Å². The maximum Gasteiger partial charge on any atom is 0.252 e. The molecule has 1 aliphatic carbocycles. The Bertz CT molecular complexity index is 434. The molecule has 1 aromatic rings. The first-order valence-electron chi connectivity index (χ1n) is 6.45. The van der Waals surface area contributed by atoms with Gasteiger partial charge in [0.15, 0.2) is 0 Å². The average molecular weight is 328 g/mol. The van der Waals surface area contributed by atoms with E-state index in [0.717, 1.165) is 11.1 Å². The number of carbonyl (C=O) groups excluding carboxylic acids is 1. The fourth-order valence-corrected chi connectivity index (χ4v) is 2.13. The molecule has 0 heterocycles. The molecule has 2 N–H and O–H groups in total. The van der Waals surface area contributed by atoms with Crippen molar-refractivity contribution in [1.29, 1.82) is 0 Å². The molecule has 5 heteroatoms. The maximum absolute atomic E-state index is 11.9. The smallest absolute Gasteiger partial charge is 0.252 e. The number of amides is 1. The van der Waals surface area contributed by atoms with Crippen molar-refractivity contribution in [2.24, 2.45) is 5.92 Å². The topological polar surface area (TPSA) is 58.6 Å². The molecule has 1 saturated carbocycles. The minimum atomic E-state index is -0.662. The predicted octanol–water partition coefficient (Wildman–Crippen LogP) is 1.97. The van der Waals surface area contributed by atoms with Gasteiger partial charge < -0.3 is 15.2 Å². The van der Waals surface area contributed by atoms with Crippen molar-refractivity contribution in [3.05, 3.63) is 34.3 Å². The van der Waals surface area contributed by atoms with Gasteiger partial charge in [-0.05, 0) is 46.8 Å². The Morgan fingerprint density at radius 2 is 2.21 bits per heavy atom. The van der Waals surface area contributed by atoms with Crippen LogP contribution < -0.4 is 5.32 Å². The van der Waals surface area contributed by atoms with E-state index >= 15 is 0 Å². The van der Waals surface area contributed by atoms with Gasteiger partial charge in [-0.15, -0.1) is 0 Å². The van der Waals surface area contributed by atoms with Gasteiger partial charge in [-0.25, -0.2) is 0 Å². The minimum Gasteiger partial charge on any atom is -0.389 e. The highest BCUT2D eigenvalue weighted by Gasteiger charge is 2.21. The quantitative estimate of drug-likeness (QED) is 0.805. The Hall–Kier alpha value is -0.910. The molecule has 1 amide bonds. The third kappa shape index (κ3) is 4.93. The molecule has 1 unspecified atom stereocenters. The molecule has 0 bridgehead atoms. The Kier molecular flexibility index (Phi) is 5.36. The van der Waals surface area contributed by atoms with E-state index in [2.05, 4.69) is 21.2 Å². The first kappa shape index (κ1) is 14.5. The van der Waals surface area contributed by atoms with Crippen LogP contribution in [0.25, 0.3) is 0 Å². The van der Waals surface area contributed by atoms with Gasteiger partial charge in [-0.2, -0.15) is 0 Å². The lowest BCUT2D eigenvalue weighted by atomic mass is 10.2. The molecular formula is C14H18BrNO3. The number of halogens is 1. The number of nitrogens with one attached hydrogen (secondary N) is 1. The lowest BCUT2D eigenvalue weighted by molar-refractivity contribution is 0.0320. The average Bonchev–Trinajstić information content (AvgIpc) is 3.20. The molecule has 104 valence electrons. The highest BCUT2D eigenvalue weighted by Crippen LogP contribution is 2.28. The van der Waals surface area contributed by atoms with Gasteiger partial charge in [0.1, 0.15) is 0 Å². The molecule has 4 nitrogen and oxygen atoms in total. The lowest BCUT2D eigenvalue weighted by Crippen LogP contribution is -2.34. The number of aliphatic hydroxyl groups excluding tert-OH is 1. The van der Waals surface area contributed by atoms with Crippen molar-refractivity contribution in [2.75, 3.05) is 19.8 Å². The van der Waals surface area contributed by atoms with Crippen LogP contribution in [-0.4, -0.2) is 36.9 Å². The van der Waals surface area contributed by atoms with E-state index in [1.165, 1.54) is 12.8 Å². The third-order valence-corrected chi connectivity index (χ3v) is 3.67. The Morgan fingerprint density at radius 1 is 1.47 bits per heavy atom. The zero-order chi connectivity index (χ0) is 13.7. The number of ether oxygens (including phenoxy) is 1. The van der Waals surface area contributed by atoms with E-state index in [1.807, 2.05) is 12.1 Å². The normalized spacial score (nSPS) is 16.1. The van der Waals surface area contributed by atoms with Crippen LogP contribution in [0.1, 0.15) is 23.2 Å². The molecule has 0 spiro atoms. The van der Waals surface area contributed by atoms with Crippen LogP contribution in [-0.2, 0) is 4.74 Å². The van der Waals surface area contributed by atoms with Crippen LogP contribution >= 0.6 is 15.9 Å². The summed E-state index contributed by atoms with van der Waals surface area (Å²) >= 11 is 3.32. The summed E-state index contributed by atoms with van der Waals surface area (Å²) in [6.07, 6.45) is 1.80. The number of benzene rings is 1. The van der Waals surface area contributed by atoms with Crippen LogP contribution in [0, 0.1) is 5.92 Å². The van der Waals surface area contributed by atoms with Crippen LogP contribution in [0.4, 0.5) is 0 Å². The molecule has 0 radical (unpaired) electrons. The number of hydrogen-bond acceptors (Lipinski definition) is 3. The summed E-state index contributed by atoms with van der Waals surface area (Å²) in [5.74, 6) is 0.482. The molecule has 1 atom stereocenters. The molecule has 0 saturated heterocycles. The summed E-state index contributed by atoms with van der Waals surface area (Å²) < 4.78 is 6.11. The van der Waals surface area contributed by atoms with Crippen LogP contribution in [0.15, 0.2) is 28.7 Å². The van der Waals surface area contributed by atoms with Gasteiger partial charge in [0.25, 0.3) is 5.91 Å². The predicted molar refractivity (Wildman–Crippen MR) is 76.0 cm³/mol. The molecule has 1 aromatic carbocycles. The Morgan fingerprint density at radius 3 is 2.89 bits per heavy atom. The number of rotatable bonds is 7. The monoisotopic (exact) mass is 327 g/mol. The van der Waals surface area contributed by atoms with E-state index in [1.54, 1.807) is 12.1 Å². The van der Waals surface area contributed by atoms with Crippen molar-refractivity contribution in [3.63, 3.8) is 0 Å². The van der Waals surface area contributed by atoms with E-state index in [9.17, 15) is 9.90 Å². The van der Waals surface area contributed by atoms with E-state index < -0.39 is 6.10 Å². The van der Waals surface area contributed by atoms with Gasteiger partial charge in [0, 0.05) is 17.6 Å². The zero-order valence-electron chi connectivity index (χ0n) is 10.6. The molecular weight excluding hydrogens is 310 g/mol. The van der Waals surface area contributed by atoms with Crippen LogP contribution in [0.5, 0.6) is 0 Å². The summed E-state index contributed by atoms with van der Waals surface area (Å²) in [6, 6.07) is 7.19. The number of aliphatic hydroxyl groups is 1. The van der Waals surface area contributed by atoms with E-state index in [0.29, 0.717) is 11.5 Å². The van der Waals surface area contributed by atoms with Gasteiger partial charge in [-0.3, -0.25) is 4.79 Å². The largest absolute Gasteiger partial charge is 0.389 e. The van der Waals surface area contributed by atoms with E-state index in [-0.39, 0.29) is 19.1 Å². The molecule has 19 heavy (non-hydrogen) atoms. The highest BCUT2D eigenvalue weighted by molar-refractivity contribution is 9.10. The van der Waals surface area contributed by atoms with Crippen molar-refractivity contribution < 1.29 is 14.6 Å². The van der Waals surface area contributed by atoms with Gasteiger partial charge in [-0.1, -0.05) is 12.1 Å². The maximum atomic E-state index is 11.9. The van der Waals surface area contributed by atoms with Crippen molar-refractivity contribution in [3.8, 4) is 0 Å². The second-order valence-electron chi connectivity index (χ2n) is 4.82. The summed E-state index contributed by atoms with van der Waals surface area (Å²) in [7, 11) is 0. The van der Waals surface area contributed by atoms with Crippen molar-refractivity contribution >= 4 is 21.8 Å². The number of hydrogen-bond donors (Lipinski definition) is 2. The van der Waals surface area contributed by atoms with Gasteiger partial charge >= 0.3 is 0 Å². The summed E-state index contributed by atoms with van der Waals surface area (Å²) in [5, 5.41) is 12.4. The molecule has 2 rings (SSSR count). The fourth-order valence-electron chi connectivity index (χ4n) is 1.67. The number of carbonyl (C=O) groups is 1. The fraction of sp³-hybridized carbons (Fsp3) is 0.500. The van der Waals surface area contributed by atoms with E-state index in [4.69, 9.17) is 4.74 Å². The first-order valence-corrected chi connectivity index (χ1v) is 7.24. The first-order chi connectivity index (χ1) is 9.16. The molecule has 0 aromatic heterocycles. The zero-order valence-corrected chi connectivity index (χ0v) is 12.2. The summed E-state index contributed by atoms with van der Waals surface area (Å²) in [4.78, 5) is 11.9. The highest BCUT2D eigenvalue weighted by atomic mass is 79.9. The standard InChI is InChI=1S/C14H18BrNO3/c15-13-4-2-1-3-12(13)14(18)16-7-11(17)9-19-8-10-5-6-10/h1-4,10-11,17H,5-9H2,(H,16,18). The SMILES string of the molecule is O=C(NCC(O)COCC1CC1)c1ccccc1Br. The minimum absolute atomic E-state index is 0.199.